The molecule has 1 aromatic rings. The third kappa shape index (κ3) is 0.761. The molecule has 9 heteroatoms. The van der Waals surface area contributed by atoms with Crippen LogP contribution in [0.5, 0.6) is 0 Å². The maximum atomic E-state index is 10.5. The molecule has 0 saturated carbocycles. The quantitative estimate of drug-likeness (QED) is 0.312. The highest BCUT2D eigenvalue weighted by Gasteiger charge is 2.09. The van der Waals surface area contributed by atoms with Gasteiger partial charge in [0, 0.05) is 0 Å². The standard InChI is InChI=1S/C3H4N4O5/c4-1-5(10)2(8)7(12)3(9)6(1)11/h4,10-12H. The normalized spacial score (nSPS) is 10.0. The first-order valence-corrected chi connectivity index (χ1v) is 2.60. The van der Waals surface area contributed by atoms with Crippen LogP contribution in [0.4, 0.5) is 0 Å². The van der Waals surface area contributed by atoms with Crippen molar-refractivity contribution in [1.29, 1.82) is 5.41 Å². The molecule has 1 rings (SSSR count). The van der Waals surface area contributed by atoms with Gasteiger partial charge in [0.2, 0.25) is 0 Å². The van der Waals surface area contributed by atoms with Crippen molar-refractivity contribution in [2.24, 2.45) is 0 Å². The lowest BCUT2D eigenvalue weighted by Gasteiger charge is -2.00. The molecule has 4 N–H and O–H groups in total. The number of nitrogens with zero attached hydrogens (tertiary/aromatic N) is 3. The summed E-state index contributed by atoms with van der Waals surface area (Å²) in [6, 6.07) is 0. The summed E-state index contributed by atoms with van der Waals surface area (Å²) in [7, 11) is 0. The zero-order valence-corrected chi connectivity index (χ0v) is 5.50. The maximum absolute atomic E-state index is 10.5. The molecule has 0 unspecified atom stereocenters. The first-order valence-electron chi connectivity index (χ1n) is 2.60. The Morgan fingerprint density at radius 1 is 0.917 bits per heavy atom. The molecule has 12 heavy (non-hydrogen) atoms. The van der Waals surface area contributed by atoms with Crippen molar-refractivity contribution in [2.75, 3.05) is 0 Å². The highest BCUT2D eigenvalue weighted by Crippen LogP contribution is 1.56. The lowest BCUT2D eigenvalue weighted by molar-refractivity contribution is 0.0286. The Morgan fingerprint density at radius 3 is 1.58 bits per heavy atom. The fourth-order valence-corrected chi connectivity index (χ4v) is 0.532. The second-order valence-corrected chi connectivity index (χ2v) is 1.82. The monoisotopic (exact) mass is 176 g/mol. The molecule has 1 heterocycles. The Labute approximate surface area is 63.0 Å². The van der Waals surface area contributed by atoms with Gasteiger partial charge in [0.05, 0.1) is 0 Å². The van der Waals surface area contributed by atoms with Crippen LogP contribution in [0.2, 0.25) is 0 Å². The van der Waals surface area contributed by atoms with Crippen molar-refractivity contribution in [3.8, 4) is 0 Å². The summed E-state index contributed by atoms with van der Waals surface area (Å²) in [5.74, 6) is 0. The van der Waals surface area contributed by atoms with Crippen molar-refractivity contribution < 1.29 is 15.6 Å². The molecular formula is C3H4N4O5. The predicted molar refractivity (Wildman–Crippen MR) is 30.4 cm³/mol. The average Bonchev–Trinajstić information content (AvgIpc) is 2.08. The second-order valence-electron chi connectivity index (χ2n) is 1.82. The van der Waals surface area contributed by atoms with Crippen molar-refractivity contribution >= 4 is 0 Å². The number of hydrogen-bond acceptors (Lipinski definition) is 6. The van der Waals surface area contributed by atoms with Gasteiger partial charge < -0.3 is 15.6 Å². The van der Waals surface area contributed by atoms with E-state index in [1.54, 1.807) is 0 Å². The molecule has 0 saturated heterocycles. The molecule has 0 aliphatic rings. The van der Waals surface area contributed by atoms with Crippen LogP contribution in [0.25, 0.3) is 0 Å². The van der Waals surface area contributed by atoms with E-state index < -0.39 is 31.2 Å². The summed E-state index contributed by atoms with van der Waals surface area (Å²) < 4.78 is -1.35. The van der Waals surface area contributed by atoms with Crippen molar-refractivity contribution in [1.82, 2.24) is 14.2 Å². The van der Waals surface area contributed by atoms with Crippen molar-refractivity contribution in [2.45, 2.75) is 0 Å². The molecule has 0 amide bonds. The minimum absolute atomic E-state index is 0.401. The predicted octanol–water partition coefficient (Wildman–Crippen LogP) is -3.00. The van der Waals surface area contributed by atoms with Gasteiger partial charge in [0.25, 0.3) is 5.62 Å². The summed E-state index contributed by atoms with van der Waals surface area (Å²) in [6.45, 7) is 0. The van der Waals surface area contributed by atoms with E-state index in [0.717, 1.165) is 0 Å². The average molecular weight is 176 g/mol. The Morgan fingerprint density at radius 2 is 1.25 bits per heavy atom. The molecule has 0 aromatic carbocycles. The highest BCUT2D eigenvalue weighted by molar-refractivity contribution is 4.65. The summed E-state index contributed by atoms with van der Waals surface area (Å²) in [5, 5.41) is 32.5. The largest absolute Gasteiger partial charge is 0.421 e. The fourth-order valence-electron chi connectivity index (χ4n) is 0.532. The van der Waals surface area contributed by atoms with E-state index in [1.165, 1.54) is 0 Å². The molecular weight excluding hydrogens is 172 g/mol. The van der Waals surface area contributed by atoms with Crippen LogP contribution in [0.1, 0.15) is 0 Å². The molecule has 0 bridgehead atoms. The number of nitrogens with one attached hydrogen (secondary N) is 1. The molecule has 9 nitrogen and oxygen atoms in total. The highest BCUT2D eigenvalue weighted by atomic mass is 16.5. The topological polar surface area (TPSA) is 133 Å². The number of aromatic nitrogens is 3. The summed E-state index contributed by atoms with van der Waals surface area (Å²) in [5.41, 5.74) is -4.22. The summed E-state index contributed by atoms with van der Waals surface area (Å²) >= 11 is 0. The van der Waals surface area contributed by atoms with Crippen molar-refractivity contribution in [3.05, 3.63) is 26.6 Å². The van der Waals surface area contributed by atoms with Gasteiger partial charge in [0.15, 0.2) is 0 Å². The van der Waals surface area contributed by atoms with Crippen LogP contribution in [-0.4, -0.2) is 29.8 Å². The van der Waals surface area contributed by atoms with Gasteiger partial charge >= 0.3 is 11.4 Å². The fraction of sp³-hybridized carbons (Fsp3) is 0. The maximum Gasteiger partial charge on any atom is 0.402 e. The van der Waals surface area contributed by atoms with Gasteiger partial charge in [-0.3, -0.25) is 5.41 Å². The molecule has 1 aromatic heterocycles. The summed E-state index contributed by atoms with van der Waals surface area (Å²) in [6.07, 6.45) is 0. The molecule has 66 valence electrons. The zero-order valence-electron chi connectivity index (χ0n) is 5.50. The van der Waals surface area contributed by atoms with Gasteiger partial charge in [-0.05, 0) is 0 Å². The molecule has 0 spiro atoms. The van der Waals surface area contributed by atoms with E-state index in [-0.39, 0.29) is 0 Å². The molecule has 0 atom stereocenters. The lowest BCUT2D eigenvalue weighted by Crippen LogP contribution is -2.52. The Kier molecular flexibility index (Phi) is 1.42. The van der Waals surface area contributed by atoms with E-state index in [1.807, 2.05) is 0 Å². The van der Waals surface area contributed by atoms with E-state index in [2.05, 4.69) is 0 Å². The lowest BCUT2D eigenvalue weighted by atomic mass is 11.0. The van der Waals surface area contributed by atoms with E-state index in [4.69, 9.17) is 21.0 Å². The molecule has 0 radical (unpaired) electrons. The minimum atomic E-state index is -1.53. The van der Waals surface area contributed by atoms with Crippen molar-refractivity contribution in [3.63, 3.8) is 0 Å². The van der Waals surface area contributed by atoms with E-state index in [9.17, 15) is 9.59 Å². The van der Waals surface area contributed by atoms with Gasteiger partial charge in [-0.1, -0.05) is 14.2 Å². The van der Waals surface area contributed by atoms with E-state index in [0.29, 0.717) is 0 Å². The van der Waals surface area contributed by atoms with Gasteiger partial charge in [-0.2, -0.15) is 0 Å². The SMILES string of the molecule is N=c1n(O)c(=O)n(O)c(=O)n1O. The number of hydrogen-bond donors (Lipinski definition) is 4. The Balaban J connectivity index is 4.00. The van der Waals surface area contributed by atoms with Crippen LogP contribution < -0.4 is 17.0 Å². The van der Waals surface area contributed by atoms with Crippen LogP contribution in [0.15, 0.2) is 9.59 Å². The van der Waals surface area contributed by atoms with Crippen LogP contribution in [-0.2, 0) is 0 Å². The smallest absolute Gasteiger partial charge is 0.402 e. The van der Waals surface area contributed by atoms with E-state index >= 15 is 0 Å². The Hall–Kier alpha value is -2.19. The molecule has 0 aliphatic carbocycles. The van der Waals surface area contributed by atoms with Crippen LogP contribution >= 0.6 is 0 Å². The molecule has 0 fully saturated rings. The van der Waals surface area contributed by atoms with Gasteiger partial charge in [-0.15, -0.1) is 0 Å². The second kappa shape index (κ2) is 2.15. The third-order valence-corrected chi connectivity index (χ3v) is 1.13. The first-order chi connectivity index (χ1) is 5.46. The Bertz CT molecular complexity index is 375. The summed E-state index contributed by atoms with van der Waals surface area (Å²) in [4.78, 5) is 21.1. The van der Waals surface area contributed by atoms with Gasteiger partial charge in [0.1, 0.15) is 0 Å². The number of rotatable bonds is 0. The first kappa shape index (κ1) is 7.91. The van der Waals surface area contributed by atoms with Crippen LogP contribution in [0, 0.1) is 5.41 Å². The molecule has 0 aliphatic heterocycles. The third-order valence-electron chi connectivity index (χ3n) is 1.13. The minimum Gasteiger partial charge on any atom is -0.421 e. The van der Waals surface area contributed by atoms with Gasteiger partial charge in [-0.25, -0.2) is 9.59 Å². The van der Waals surface area contributed by atoms with Crippen LogP contribution in [0.3, 0.4) is 0 Å². The zero-order chi connectivity index (χ0) is 9.46.